The van der Waals surface area contributed by atoms with Gasteiger partial charge in [0.1, 0.15) is 0 Å². The number of benzene rings is 1. The summed E-state index contributed by atoms with van der Waals surface area (Å²) >= 11 is 0. The van der Waals surface area contributed by atoms with Crippen LogP contribution in [0.2, 0.25) is 0 Å². The molecule has 1 radical (unpaired) electrons. The van der Waals surface area contributed by atoms with Crippen molar-refractivity contribution in [3.63, 3.8) is 0 Å². The number of aryl methyl sites for hydroxylation is 2. The molecule has 0 atom stereocenters. The van der Waals surface area contributed by atoms with E-state index in [1.54, 1.807) is 0 Å². The molecule has 0 unspecified atom stereocenters. The van der Waals surface area contributed by atoms with Crippen molar-refractivity contribution in [2.24, 2.45) is 0 Å². The molecule has 0 heterocycles. The van der Waals surface area contributed by atoms with Crippen LogP contribution in [-0.2, 0) is 11.2 Å². The maximum atomic E-state index is 10.6. The third kappa shape index (κ3) is 1.84. The lowest BCUT2D eigenvalue weighted by atomic mass is 10.0. The molecule has 63 valence electrons. The average molecular weight is 162 g/mol. The van der Waals surface area contributed by atoms with Gasteiger partial charge >= 0.3 is 0 Å². The average Bonchev–Trinajstić information content (AvgIpc) is 1.97. The molecule has 2 heteroatoms. The molecule has 0 bridgehead atoms. The minimum Gasteiger partial charge on any atom is -0.273 e. The second-order valence-corrected chi connectivity index (χ2v) is 2.97. The van der Waals surface area contributed by atoms with Crippen molar-refractivity contribution in [1.82, 2.24) is 5.73 Å². The lowest BCUT2D eigenvalue weighted by molar-refractivity contribution is -0.118. The summed E-state index contributed by atoms with van der Waals surface area (Å²) < 4.78 is 0. The second kappa shape index (κ2) is 3.39. The SMILES string of the molecule is Cc1cccc(C)c1CC([NH])=O. The zero-order valence-corrected chi connectivity index (χ0v) is 7.35. The van der Waals surface area contributed by atoms with E-state index in [1.165, 1.54) is 0 Å². The molecular formula is C10H12NO. The van der Waals surface area contributed by atoms with Crippen LogP contribution in [0.5, 0.6) is 0 Å². The summed E-state index contributed by atoms with van der Waals surface area (Å²) in [6, 6.07) is 5.89. The van der Waals surface area contributed by atoms with Gasteiger partial charge in [0, 0.05) is 0 Å². The van der Waals surface area contributed by atoms with Crippen molar-refractivity contribution >= 4 is 5.91 Å². The van der Waals surface area contributed by atoms with Gasteiger partial charge in [0.2, 0.25) is 5.91 Å². The molecule has 2 nitrogen and oxygen atoms in total. The fourth-order valence-corrected chi connectivity index (χ4v) is 1.29. The second-order valence-electron chi connectivity index (χ2n) is 2.97. The van der Waals surface area contributed by atoms with Crippen molar-refractivity contribution in [3.8, 4) is 0 Å². The summed E-state index contributed by atoms with van der Waals surface area (Å²) in [4.78, 5) is 10.6. The van der Waals surface area contributed by atoms with Crippen LogP contribution in [0.4, 0.5) is 0 Å². The molecule has 12 heavy (non-hydrogen) atoms. The topological polar surface area (TPSA) is 40.9 Å². The van der Waals surface area contributed by atoms with Crippen LogP contribution in [0.25, 0.3) is 0 Å². The Balaban J connectivity index is 3.04. The van der Waals surface area contributed by atoms with Gasteiger partial charge in [0.05, 0.1) is 6.42 Å². The zero-order chi connectivity index (χ0) is 9.14. The van der Waals surface area contributed by atoms with E-state index < -0.39 is 5.91 Å². The van der Waals surface area contributed by atoms with E-state index in [1.807, 2.05) is 32.0 Å². The summed E-state index contributed by atoms with van der Waals surface area (Å²) in [6.07, 6.45) is 0.235. The van der Waals surface area contributed by atoms with Gasteiger partial charge in [0.15, 0.2) is 0 Å². The minimum atomic E-state index is -0.521. The van der Waals surface area contributed by atoms with Gasteiger partial charge in [-0.25, -0.2) is 0 Å². The van der Waals surface area contributed by atoms with Crippen LogP contribution in [0.1, 0.15) is 16.7 Å². The molecule has 0 saturated heterocycles. The van der Waals surface area contributed by atoms with Crippen LogP contribution < -0.4 is 5.73 Å². The van der Waals surface area contributed by atoms with E-state index in [4.69, 9.17) is 5.73 Å². The van der Waals surface area contributed by atoms with Gasteiger partial charge in [-0.1, -0.05) is 18.2 Å². The maximum absolute atomic E-state index is 10.6. The smallest absolute Gasteiger partial charge is 0.242 e. The number of carbonyl (C=O) groups excluding carboxylic acids is 1. The summed E-state index contributed by atoms with van der Waals surface area (Å²) in [7, 11) is 0. The van der Waals surface area contributed by atoms with Gasteiger partial charge in [-0.3, -0.25) is 10.5 Å². The van der Waals surface area contributed by atoms with Crippen LogP contribution in [0.3, 0.4) is 0 Å². The molecule has 0 aromatic heterocycles. The maximum Gasteiger partial charge on any atom is 0.242 e. The number of hydrogen-bond donors (Lipinski definition) is 0. The molecule has 0 saturated carbocycles. The molecule has 1 rings (SSSR count). The highest BCUT2D eigenvalue weighted by Gasteiger charge is 2.04. The number of amides is 1. The van der Waals surface area contributed by atoms with E-state index >= 15 is 0 Å². The summed E-state index contributed by atoms with van der Waals surface area (Å²) in [5.41, 5.74) is 10.1. The monoisotopic (exact) mass is 162 g/mol. The molecule has 0 aliphatic carbocycles. The Morgan fingerprint density at radius 2 is 1.83 bits per heavy atom. The third-order valence-corrected chi connectivity index (χ3v) is 1.98. The molecule has 0 fully saturated rings. The van der Waals surface area contributed by atoms with Crippen LogP contribution in [-0.4, -0.2) is 5.91 Å². The van der Waals surface area contributed by atoms with Crippen molar-refractivity contribution < 1.29 is 4.79 Å². The predicted octanol–water partition coefficient (Wildman–Crippen LogP) is 1.66. The summed E-state index contributed by atoms with van der Waals surface area (Å²) in [5.74, 6) is -0.521. The highest BCUT2D eigenvalue weighted by Crippen LogP contribution is 2.13. The van der Waals surface area contributed by atoms with E-state index in [9.17, 15) is 4.79 Å². The molecule has 0 aliphatic rings. The molecular weight excluding hydrogens is 150 g/mol. The molecule has 1 amide bonds. The van der Waals surface area contributed by atoms with Crippen molar-refractivity contribution in [2.75, 3.05) is 0 Å². The number of nitrogens with one attached hydrogen (secondary N) is 1. The highest BCUT2D eigenvalue weighted by molar-refractivity contribution is 5.76. The van der Waals surface area contributed by atoms with Crippen LogP contribution >= 0.6 is 0 Å². The fraction of sp³-hybridized carbons (Fsp3) is 0.300. The zero-order valence-electron chi connectivity index (χ0n) is 7.35. The molecule has 0 aliphatic heterocycles. The van der Waals surface area contributed by atoms with E-state index in [2.05, 4.69) is 0 Å². The standard InChI is InChI=1S/C10H12NO/c1-7-4-3-5-8(2)9(7)6-10(11)12/h3-5,11H,6H2,1-2H3. The van der Waals surface area contributed by atoms with E-state index in [-0.39, 0.29) is 6.42 Å². The summed E-state index contributed by atoms with van der Waals surface area (Å²) in [5, 5.41) is 0. The minimum absolute atomic E-state index is 0.235. The molecule has 1 aromatic rings. The Hall–Kier alpha value is -1.31. The van der Waals surface area contributed by atoms with Gasteiger partial charge in [-0.2, -0.15) is 0 Å². The lowest BCUT2D eigenvalue weighted by Gasteiger charge is -2.05. The number of hydrogen-bond acceptors (Lipinski definition) is 1. The van der Waals surface area contributed by atoms with E-state index in [0.717, 1.165) is 16.7 Å². The van der Waals surface area contributed by atoms with Crippen molar-refractivity contribution in [1.29, 1.82) is 0 Å². The Morgan fingerprint density at radius 3 is 2.25 bits per heavy atom. The fourth-order valence-electron chi connectivity index (χ4n) is 1.29. The normalized spacial score (nSPS) is 9.83. The first-order chi connectivity index (χ1) is 5.61. The van der Waals surface area contributed by atoms with Crippen LogP contribution in [0, 0.1) is 13.8 Å². The molecule has 0 spiro atoms. The van der Waals surface area contributed by atoms with Gasteiger partial charge in [-0.05, 0) is 30.5 Å². The summed E-state index contributed by atoms with van der Waals surface area (Å²) in [6.45, 7) is 3.93. The number of carbonyl (C=O) groups is 1. The number of rotatable bonds is 2. The van der Waals surface area contributed by atoms with Crippen molar-refractivity contribution in [2.45, 2.75) is 20.3 Å². The Labute approximate surface area is 72.4 Å². The Morgan fingerprint density at radius 1 is 1.33 bits per heavy atom. The van der Waals surface area contributed by atoms with Crippen molar-refractivity contribution in [3.05, 3.63) is 34.9 Å². The molecule has 1 aromatic carbocycles. The van der Waals surface area contributed by atoms with Gasteiger partial charge < -0.3 is 0 Å². The van der Waals surface area contributed by atoms with E-state index in [0.29, 0.717) is 0 Å². The van der Waals surface area contributed by atoms with Gasteiger partial charge in [-0.15, -0.1) is 0 Å². The largest absolute Gasteiger partial charge is 0.273 e. The van der Waals surface area contributed by atoms with Crippen LogP contribution in [0.15, 0.2) is 18.2 Å². The third-order valence-electron chi connectivity index (χ3n) is 1.98. The highest BCUT2D eigenvalue weighted by atomic mass is 16.1. The first kappa shape index (κ1) is 8.78. The lowest BCUT2D eigenvalue weighted by Crippen LogP contribution is -2.05. The quantitative estimate of drug-likeness (QED) is 0.652. The van der Waals surface area contributed by atoms with Gasteiger partial charge in [0.25, 0.3) is 0 Å². The predicted molar refractivity (Wildman–Crippen MR) is 47.7 cm³/mol. The Kier molecular flexibility index (Phi) is 2.48. The first-order valence-electron chi connectivity index (χ1n) is 3.91. The Bertz CT molecular complexity index is 284. The molecule has 1 N–H and O–H groups in total. The first-order valence-corrected chi connectivity index (χ1v) is 3.91.